The van der Waals surface area contributed by atoms with E-state index in [0.29, 0.717) is 34.4 Å². The molecule has 2 aromatic rings. The van der Waals surface area contributed by atoms with Crippen molar-refractivity contribution in [3.63, 3.8) is 0 Å². The number of quaternary nitrogens is 1. The third-order valence-electron chi connectivity index (χ3n) is 7.23. The Morgan fingerprint density at radius 1 is 1.00 bits per heavy atom. The molecule has 0 saturated carbocycles. The summed E-state index contributed by atoms with van der Waals surface area (Å²) in [4.78, 5) is 39.1. The van der Waals surface area contributed by atoms with Gasteiger partial charge in [0.15, 0.2) is 12.1 Å². The van der Waals surface area contributed by atoms with E-state index in [0.717, 1.165) is 25.9 Å². The summed E-state index contributed by atoms with van der Waals surface area (Å²) in [5, 5.41) is 2.69. The molecule has 0 radical (unpaired) electrons. The summed E-state index contributed by atoms with van der Waals surface area (Å²) in [6, 6.07) is 15.2. The molecule has 2 atom stereocenters. The van der Waals surface area contributed by atoms with Crippen LogP contribution in [-0.2, 0) is 14.3 Å². The van der Waals surface area contributed by atoms with Gasteiger partial charge in [0.1, 0.15) is 24.4 Å². The highest BCUT2D eigenvalue weighted by molar-refractivity contribution is 5.97. The molecule has 3 saturated heterocycles. The Bertz CT molecular complexity index is 1100. The third-order valence-corrected chi connectivity index (χ3v) is 7.23. The normalized spacial score (nSPS) is 23.6. The van der Waals surface area contributed by atoms with E-state index < -0.39 is 23.7 Å². The topological polar surface area (TPSA) is 90.9 Å². The van der Waals surface area contributed by atoms with Gasteiger partial charge < -0.3 is 24.0 Å². The van der Waals surface area contributed by atoms with Gasteiger partial charge in [-0.25, -0.2) is 9.59 Å². The zero-order valence-electron chi connectivity index (χ0n) is 22.1. The lowest BCUT2D eigenvalue weighted by Gasteiger charge is -2.51. The number of ketones is 1. The van der Waals surface area contributed by atoms with Crippen molar-refractivity contribution < 1.29 is 33.1 Å². The molecule has 3 aliphatic heterocycles. The lowest BCUT2D eigenvalue weighted by molar-refractivity contribution is -0.938. The molecular formula is C29H37N2O6+. The zero-order chi connectivity index (χ0) is 26.6. The number of rotatable bonds is 8. The summed E-state index contributed by atoms with van der Waals surface area (Å²) in [5.74, 6) is 0.512. The van der Waals surface area contributed by atoms with Gasteiger partial charge in [-0.05, 0) is 50.6 Å². The average molecular weight is 510 g/mol. The molecule has 2 aromatic carbocycles. The summed E-state index contributed by atoms with van der Waals surface area (Å²) in [6.45, 7) is 8.04. The summed E-state index contributed by atoms with van der Waals surface area (Å²) < 4.78 is 17.3. The molecule has 0 spiro atoms. The molecule has 8 nitrogen and oxygen atoms in total. The van der Waals surface area contributed by atoms with Crippen LogP contribution in [-0.4, -0.2) is 67.3 Å². The smallest absolute Gasteiger partial charge is 0.408 e. The number of alkyl carbamates (subject to hydrolysis) is 1. The Kier molecular flexibility index (Phi) is 7.87. The fourth-order valence-electron chi connectivity index (χ4n) is 5.32. The van der Waals surface area contributed by atoms with Crippen molar-refractivity contribution in [3.8, 4) is 5.75 Å². The second-order valence-electron chi connectivity index (χ2n) is 11.1. The Hall–Kier alpha value is -3.39. The van der Waals surface area contributed by atoms with Crippen LogP contribution in [0.15, 0.2) is 54.6 Å². The highest BCUT2D eigenvalue weighted by Gasteiger charge is 2.49. The first-order valence-corrected chi connectivity index (χ1v) is 12.8. The fourth-order valence-corrected chi connectivity index (χ4v) is 5.32. The number of fused-ring (bicyclic) bond motifs is 3. The molecular weight excluding hydrogens is 472 g/mol. The molecule has 8 heteroatoms. The van der Waals surface area contributed by atoms with Crippen LogP contribution in [0.3, 0.4) is 0 Å². The number of piperidine rings is 3. The fraction of sp³-hybridized carbons (Fsp3) is 0.483. The maximum Gasteiger partial charge on any atom is 0.408 e. The first kappa shape index (κ1) is 26.7. The van der Waals surface area contributed by atoms with Crippen LogP contribution < -0.4 is 10.1 Å². The molecule has 5 rings (SSSR count). The number of hydrogen-bond donors (Lipinski definition) is 1. The minimum Gasteiger partial charge on any atom is -0.497 e. The molecule has 198 valence electrons. The standard InChI is InChI=1S/C29H36N2O6/c1-29(2,3)37-28(34)30-26(22-8-6-5-7-9-22)27(33)36-25-19-31(16-14-21(25)15-17-31)18-24(32)20-10-12-23(35-4)13-11-20/h5-13,21,25-26H,14-19H2,1-4H3/p+1/t21?,25-,26?,31?/m0/s1. The van der Waals surface area contributed by atoms with E-state index in [2.05, 4.69) is 5.32 Å². The average Bonchev–Trinajstić information content (AvgIpc) is 2.87. The van der Waals surface area contributed by atoms with Crippen LogP contribution in [0.1, 0.15) is 55.6 Å². The quantitative estimate of drug-likeness (QED) is 0.324. The van der Waals surface area contributed by atoms with E-state index in [-0.39, 0.29) is 17.8 Å². The Balaban J connectivity index is 1.45. The Labute approximate surface area is 218 Å². The van der Waals surface area contributed by atoms with Crippen molar-refractivity contribution >= 4 is 17.8 Å². The summed E-state index contributed by atoms with van der Waals surface area (Å²) in [7, 11) is 1.60. The lowest BCUT2D eigenvalue weighted by Crippen LogP contribution is -2.66. The number of carbonyl (C=O) groups is 3. The highest BCUT2D eigenvalue weighted by atomic mass is 16.6. The predicted octanol–water partition coefficient (Wildman–Crippen LogP) is 4.30. The molecule has 0 aromatic heterocycles. The third kappa shape index (κ3) is 6.68. The van der Waals surface area contributed by atoms with Crippen LogP contribution >= 0.6 is 0 Å². The van der Waals surface area contributed by atoms with Gasteiger partial charge in [-0.15, -0.1) is 0 Å². The van der Waals surface area contributed by atoms with Crippen LogP contribution in [0.4, 0.5) is 4.79 Å². The van der Waals surface area contributed by atoms with Crippen LogP contribution in [0, 0.1) is 5.92 Å². The molecule has 1 unspecified atom stereocenters. The Morgan fingerprint density at radius 3 is 2.24 bits per heavy atom. The van der Waals surface area contributed by atoms with Crippen LogP contribution in [0.2, 0.25) is 0 Å². The number of carbonyl (C=O) groups excluding carboxylic acids is 3. The van der Waals surface area contributed by atoms with E-state index in [1.807, 2.05) is 18.2 Å². The molecule has 3 aliphatic rings. The molecule has 0 aliphatic carbocycles. The van der Waals surface area contributed by atoms with E-state index in [1.54, 1.807) is 64.3 Å². The first-order chi connectivity index (χ1) is 17.6. The number of amides is 1. The van der Waals surface area contributed by atoms with Crippen LogP contribution in [0.25, 0.3) is 0 Å². The van der Waals surface area contributed by atoms with Gasteiger partial charge in [-0.1, -0.05) is 30.3 Å². The monoisotopic (exact) mass is 509 g/mol. The summed E-state index contributed by atoms with van der Waals surface area (Å²) in [6.07, 6.45) is 0.790. The number of nitrogens with one attached hydrogen (secondary N) is 1. The van der Waals surface area contributed by atoms with Gasteiger partial charge >= 0.3 is 12.1 Å². The Morgan fingerprint density at radius 2 is 1.65 bits per heavy atom. The minimum atomic E-state index is -0.985. The number of ether oxygens (including phenoxy) is 3. The number of nitrogens with zero attached hydrogens (tertiary/aromatic N) is 1. The SMILES string of the molecule is COc1ccc(C(=O)C[N+]23CCC(CC2)[C@@H](OC(=O)C(NC(=O)OC(C)(C)C)c2ccccc2)C3)cc1. The van der Waals surface area contributed by atoms with Gasteiger partial charge in [-0.3, -0.25) is 4.79 Å². The van der Waals surface area contributed by atoms with E-state index in [1.165, 1.54) is 0 Å². The molecule has 2 bridgehead atoms. The maximum absolute atomic E-state index is 13.4. The minimum absolute atomic E-state index is 0.0711. The van der Waals surface area contributed by atoms with Crippen LogP contribution in [0.5, 0.6) is 5.75 Å². The van der Waals surface area contributed by atoms with Gasteiger partial charge in [0.25, 0.3) is 0 Å². The number of esters is 1. The van der Waals surface area contributed by atoms with E-state index >= 15 is 0 Å². The van der Waals surface area contributed by atoms with Gasteiger partial charge in [0, 0.05) is 24.3 Å². The van der Waals surface area contributed by atoms with Gasteiger partial charge in [-0.2, -0.15) is 0 Å². The number of hydrogen-bond acceptors (Lipinski definition) is 6. The van der Waals surface area contributed by atoms with Gasteiger partial charge in [0.2, 0.25) is 5.78 Å². The van der Waals surface area contributed by atoms with Crippen molar-refractivity contribution in [3.05, 3.63) is 65.7 Å². The van der Waals surface area contributed by atoms with Crippen molar-refractivity contribution in [2.45, 2.75) is 51.4 Å². The molecule has 1 N–H and O–H groups in total. The second-order valence-corrected chi connectivity index (χ2v) is 11.1. The largest absolute Gasteiger partial charge is 0.497 e. The predicted molar refractivity (Wildman–Crippen MR) is 138 cm³/mol. The molecule has 37 heavy (non-hydrogen) atoms. The number of methoxy groups -OCH3 is 1. The number of Topliss-reactive ketones (excluding diaryl/α,β-unsaturated/α-hetero) is 1. The lowest BCUT2D eigenvalue weighted by atomic mass is 9.82. The van der Waals surface area contributed by atoms with Crippen molar-refractivity contribution in [2.75, 3.05) is 33.3 Å². The van der Waals surface area contributed by atoms with Crippen molar-refractivity contribution in [1.29, 1.82) is 0 Å². The highest BCUT2D eigenvalue weighted by Crippen LogP contribution is 2.36. The number of benzene rings is 2. The first-order valence-electron chi connectivity index (χ1n) is 12.8. The summed E-state index contributed by atoms with van der Waals surface area (Å²) >= 11 is 0. The molecule has 1 amide bonds. The van der Waals surface area contributed by atoms with Crippen molar-refractivity contribution in [1.82, 2.24) is 5.32 Å². The van der Waals surface area contributed by atoms with E-state index in [4.69, 9.17) is 14.2 Å². The zero-order valence-corrected chi connectivity index (χ0v) is 22.1. The van der Waals surface area contributed by atoms with E-state index in [9.17, 15) is 14.4 Å². The summed E-state index contributed by atoms with van der Waals surface area (Å²) in [5.41, 5.74) is 0.580. The van der Waals surface area contributed by atoms with Crippen molar-refractivity contribution in [2.24, 2.45) is 5.92 Å². The maximum atomic E-state index is 13.4. The molecule has 3 heterocycles. The molecule has 3 fully saturated rings. The second kappa shape index (κ2) is 10.9. The van der Waals surface area contributed by atoms with Gasteiger partial charge in [0.05, 0.1) is 20.2 Å².